The van der Waals surface area contributed by atoms with Crippen LogP contribution in [0.4, 0.5) is 10.5 Å². The van der Waals surface area contributed by atoms with E-state index in [-0.39, 0.29) is 12.1 Å². The number of rotatable bonds is 5. The Kier molecular flexibility index (Phi) is 5.11. The maximum Gasteiger partial charge on any atom is 0.319 e. The highest BCUT2D eigenvalue weighted by molar-refractivity contribution is 5.89. The summed E-state index contributed by atoms with van der Waals surface area (Å²) in [6.07, 6.45) is 0.861. The lowest BCUT2D eigenvalue weighted by atomic mass is 10.2. The first-order valence-corrected chi connectivity index (χ1v) is 7.72. The first-order chi connectivity index (χ1) is 11.3. The van der Waals surface area contributed by atoms with E-state index >= 15 is 0 Å². The molecule has 120 valence electrons. The molecular formula is C18H20N2O3. The second kappa shape index (κ2) is 7.65. The average Bonchev–Trinajstić information content (AvgIpc) is 3.08. The van der Waals surface area contributed by atoms with E-state index in [1.807, 2.05) is 54.6 Å². The molecule has 0 radical (unpaired) electrons. The topological polar surface area (TPSA) is 59.6 Å². The van der Waals surface area contributed by atoms with Gasteiger partial charge < -0.3 is 20.1 Å². The summed E-state index contributed by atoms with van der Waals surface area (Å²) in [6.45, 7) is 1.81. The van der Waals surface area contributed by atoms with E-state index in [1.165, 1.54) is 0 Å². The number of carbonyl (C=O) groups excluding carboxylic acids is 1. The predicted octanol–water partition coefficient (Wildman–Crippen LogP) is 3.18. The van der Waals surface area contributed by atoms with Crippen LogP contribution in [0, 0.1) is 0 Å². The molecule has 0 aromatic heterocycles. The number of anilines is 1. The van der Waals surface area contributed by atoms with Gasteiger partial charge in [0.15, 0.2) is 0 Å². The maximum absolute atomic E-state index is 11.9. The lowest BCUT2D eigenvalue weighted by Gasteiger charge is -2.12. The second-order valence-corrected chi connectivity index (χ2v) is 5.46. The van der Waals surface area contributed by atoms with Crippen molar-refractivity contribution in [1.29, 1.82) is 0 Å². The number of carbonyl (C=O) groups is 1. The molecule has 1 heterocycles. The lowest BCUT2D eigenvalue weighted by molar-refractivity contribution is 0.189. The number of nitrogens with one attached hydrogen (secondary N) is 2. The fourth-order valence-corrected chi connectivity index (χ4v) is 2.38. The van der Waals surface area contributed by atoms with Gasteiger partial charge in [-0.1, -0.05) is 30.3 Å². The van der Waals surface area contributed by atoms with Gasteiger partial charge in [-0.3, -0.25) is 0 Å². The van der Waals surface area contributed by atoms with E-state index < -0.39 is 0 Å². The first kappa shape index (κ1) is 15.4. The zero-order chi connectivity index (χ0) is 15.9. The van der Waals surface area contributed by atoms with Gasteiger partial charge in [0.2, 0.25) is 0 Å². The molecule has 0 aliphatic carbocycles. The molecule has 3 rings (SSSR count). The summed E-state index contributed by atoms with van der Waals surface area (Å²) in [5.41, 5.74) is 1.85. The smallest absolute Gasteiger partial charge is 0.319 e. The van der Waals surface area contributed by atoms with E-state index in [1.54, 1.807) is 0 Å². The van der Waals surface area contributed by atoms with Gasteiger partial charge in [0, 0.05) is 12.3 Å². The van der Waals surface area contributed by atoms with Crippen molar-refractivity contribution in [2.75, 3.05) is 18.5 Å². The Morgan fingerprint density at radius 3 is 2.61 bits per heavy atom. The Morgan fingerprint density at radius 2 is 1.91 bits per heavy atom. The van der Waals surface area contributed by atoms with Crippen LogP contribution in [0.1, 0.15) is 12.0 Å². The second-order valence-electron chi connectivity index (χ2n) is 5.46. The van der Waals surface area contributed by atoms with Crippen LogP contribution in [-0.2, 0) is 11.3 Å². The third kappa shape index (κ3) is 4.72. The molecule has 1 aliphatic rings. The normalized spacial score (nSPS) is 16.8. The minimum atomic E-state index is -0.210. The lowest BCUT2D eigenvalue weighted by Crippen LogP contribution is -2.38. The van der Waals surface area contributed by atoms with Crippen LogP contribution in [0.3, 0.4) is 0 Å². The van der Waals surface area contributed by atoms with Gasteiger partial charge in [0.25, 0.3) is 0 Å². The monoisotopic (exact) mass is 312 g/mol. The van der Waals surface area contributed by atoms with Crippen molar-refractivity contribution in [2.45, 2.75) is 19.1 Å². The molecule has 1 fully saturated rings. The van der Waals surface area contributed by atoms with Gasteiger partial charge in [0.1, 0.15) is 12.4 Å². The number of urea groups is 1. The first-order valence-electron chi connectivity index (χ1n) is 7.72. The summed E-state index contributed by atoms with van der Waals surface area (Å²) in [4.78, 5) is 11.9. The van der Waals surface area contributed by atoms with Crippen molar-refractivity contribution in [3.63, 3.8) is 0 Å². The molecule has 5 heteroatoms. The van der Waals surface area contributed by atoms with Crippen molar-refractivity contribution in [3.05, 3.63) is 60.2 Å². The molecule has 1 saturated heterocycles. The summed E-state index contributed by atoms with van der Waals surface area (Å²) in [7, 11) is 0. The fourth-order valence-electron chi connectivity index (χ4n) is 2.38. The Hall–Kier alpha value is -2.53. The number of benzene rings is 2. The van der Waals surface area contributed by atoms with Crippen LogP contribution in [0.15, 0.2) is 54.6 Å². The Morgan fingerprint density at radius 1 is 1.13 bits per heavy atom. The summed E-state index contributed by atoms with van der Waals surface area (Å²) in [5, 5.41) is 5.69. The summed E-state index contributed by atoms with van der Waals surface area (Å²) >= 11 is 0. The molecule has 2 aromatic rings. The van der Waals surface area contributed by atoms with Crippen molar-refractivity contribution < 1.29 is 14.3 Å². The largest absolute Gasteiger partial charge is 0.489 e. The molecule has 1 atom stereocenters. The minimum Gasteiger partial charge on any atom is -0.489 e. The number of amides is 2. The molecule has 2 aromatic carbocycles. The van der Waals surface area contributed by atoms with Gasteiger partial charge in [0.05, 0.1) is 12.6 Å². The third-order valence-corrected chi connectivity index (χ3v) is 3.63. The van der Waals surface area contributed by atoms with Gasteiger partial charge in [-0.25, -0.2) is 4.79 Å². The molecule has 0 unspecified atom stereocenters. The van der Waals surface area contributed by atoms with Crippen LogP contribution in [-0.4, -0.2) is 25.3 Å². The van der Waals surface area contributed by atoms with Crippen LogP contribution >= 0.6 is 0 Å². The standard InChI is InChI=1S/C18H20N2O3/c21-18(20-16-10-11-22-13-16)19-15-6-8-17(9-7-15)23-12-14-4-2-1-3-5-14/h1-9,16H,10-13H2,(H2,19,20,21)/t16-/m1/s1. The molecule has 2 amide bonds. The minimum absolute atomic E-state index is 0.100. The van der Waals surface area contributed by atoms with E-state index in [0.717, 1.165) is 23.4 Å². The molecule has 23 heavy (non-hydrogen) atoms. The highest BCUT2D eigenvalue weighted by Gasteiger charge is 2.17. The SMILES string of the molecule is O=C(Nc1ccc(OCc2ccccc2)cc1)N[C@@H]1CCOC1. The summed E-state index contributed by atoms with van der Waals surface area (Å²) in [5.74, 6) is 0.768. The zero-order valence-electron chi connectivity index (χ0n) is 12.8. The van der Waals surface area contributed by atoms with Gasteiger partial charge in [-0.15, -0.1) is 0 Å². The Bertz CT molecular complexity index is 622. The summed E-state index contributed by atoms with van der Waals surface area (Å²) < 4.78 is 10.9. The Labute approximate surface area is 135 Å². The number of hydrogen-bond acceptors (Lipinski definition) is 3. The van der Waals surface area contributed by atoms with Crippen molar-refractivity contribution in [3.8, 4) is 5.75 Å². The molecule has 5 nitrogen and oxygen atoms in total. The molecule has 0 bridgehead atoms. The highest BCUT2D eigenvalue weighted by Crippen LogP contribution is 2.17. The van der Waals surface area contributed by atoms with Gasteiger partial charge >= 0.3 is 6.03 Å². The van der Waals surface area contributed by atoms with Gasteiger partial charge in [-0.2, -0.15) is 0 Å². The van der Waals surface area contributed by atoms with E-state index in [4.69, 9.17) is 9.47 Å². The van der Waals surface area contributed by atoms with E-state index in [2.05, 4.69) is 10.6 Å². The predicted molar refractivity (Wildman–Crippen MR) is 88.6 cm³/mol. The highest BCUT2D eigenvalue weighted by atomic mass is 16.5. The number of hydrogen-bond donors (Lipinski definition) is 2. The third-order valence-electron chi connectivity index (χ3n) is 3.63. The Balaban J connectivity index is 1.47. The van der Waals surface area contributed by atoms with E-state index in [0.29, 0.717) is 19.8 Å². The maximum atomic E-state index is 11.9. The van der Waals surface area contributed by atoms with Crippen molar-refractivity contribution in [2.24, 2.45) is 0 Å². The van der Waals surface area contributed by atoms with Crippen LogP contribution < -0.4 is 15.4 Å². The molecule has 2 N–H and O–H groups in total. The van der Waals surface area contributed by atoms with Crippen LogP contribution in [0.5, 0.6) is 5.75 Å². The fraction of sp³-hybridized carbons (Fsp3) is 0.278. The zero-order valence-corrected chi connectivity index (χ0v) is 12.8. The molecule has 1 aliphatic heterocycles. The average molecular weight is 312 g/mol. The number of ether oxygens (including phenoxy) is 2. The quantitative estimate of drug-likeness (QED) is 0.891. The van der Waals surface area contributed by atoms with E-state index in [9.17, 15) is 4.79 Å². The molecule has 0 saturated carbocycles. The van der Waals surface area contributed by atoms with Crippen LogP contribution in [0.25, 0.3) is 0 Å². The molecule has 0 spiro atoms. The van der Waals surface area contributed by atoms with Crippen LogP contribution in [0.2, 0.25) is 0 Å². The van der Waals surface area contributed by atoms with Gasteiger partial charge in [-0.05, 0) is 36.2 Å². The van der Waals surface area contributed by atoms with Crippen molar-refractivity contribution in [1.82, 2.24) is 5.32 Å². The summed E-state index contributed by atoms with van der Waals surface area (Å²) in [6, 6.07) is 17.2. The van der Waals surface area contributed by atoms with Crippen molar-refractivity contribution >= 4 is 11.7 Å². The molecular weight excluding hydrogens is 292 g/mol.